The minimum absolute atomic E-state index is 0.220. The highest BCUT2D eigenvalue weighted by Crippen LogP contribution is 2.39. The summed E-state index contributed by atoms with van der Waals surface area (Å²) in [5, 5.41) is 3.61. The molecule has 0 aromatic heterocycles. The van der Waals surface area contributed by atoms with Gasteiger partial charge >= 0.3 is 0 Å². The van der Waals surface area contributed by atoms with Gasteiger partial charge in [-0.3, -0.25) is 4.79 Å². The fourth-order valence-corrected chi connectivity index (χ4v) is 4.20. The summed E-state index contributed by atoms with van der Waals surface area (Å²) in [6.07, 6.45) is 2.38. The molecule has 3 rings (SSSR count). The highest BCUT2D eigenvalue weighted by molar-refractivity contribution is 8.00. The number of thioether (sulfide) groups is 1. The van der Waals surface area contributed by atoms with Gasteiger partial charge in [-0.05, 0) is 44.3 Å². The molecule has 0 spiro atoms. The molecule has 20 heavy (non-hydrogen) atoms. The Labute approximate surface area is 125 Å². The Bertz CT molecular complexity index is 468. The maximum atomic E-state index is 12.2. The van der Waals surface area contributed by atoms with Crippen LogP contribution in [0, 0.1) is 12.8 Å². The maximum Gasteiger partial charge on any atom is 0.233 e. The monoisotopic (exact) mass is 290 g/mol. The second-order valence-electron chi connectivity index (χ2n) is 5.81. The molecule has 2 aliphatic rings. The van der Waals surface area contributed by atoms with Crippen LogP contribution in [0.2, 0.25) is 0 Å². The third-order valence-corrected chi connectivity index (χ3v) is 5.50. The summed E-state index contributed by atoms with van der Waals surface area (Å²) >= 11 is 1.77. The van der Waals surface area contributed by atoms with Crippen LogP contribution in [0.25, 0.3) is 0 Å². The number of nitrogens with zero attached hydrogens (tertiary/aromatic N) is 1. The second kappa shape index (κ2) is 6.19. The largest absolute Gasteiger partial charge is 0.326 e. The lowest BCUT2D eigenvalue weighted by Crippen LogP contribution is -2.38. The normalized spacial score (nSPS) is 24.4. The zero-order valence-electron chi connectivity index (χ0n) is 12.0. The molecule has 2 fully saturated rings. The van der Waals surface area contributed by atoms with Crippen LogP contribution in [0.3, 0.4) is 0 Å². The number of benzene rings is 1. The standard InChI is InChI=1S/C16H22N2OS/c1-12-2-4-14(5-3-12)16-18(15(19)11-20-16)10-13-6-8-17-9-7-13/h2-5,13,16-17H,6-11H2,1H3. The summed E-state index contributed by atoms with van der Waals surface area (Å²) in [5.41, 5.74) is 2.54. The summed E-state index contributed by atoms with van der Waals surface area (Å²) in [7, 11) is 0. The predicted molar refractivity (Wildman–Crippen MR) is 83.7 cm³/mol. The molecule has 0 saturated carbocycles. The van der Waals surface area contributed by atoms with Crippen molar-refractivity contribution in [1.82, 2.24) is 10.2 Å². The zero-order valence-corrected chi connectivity index (χ0v) is 12.8. The van der Waals surface area contributed by atoms with Gasteiger partial charge in [-0.15, -0.1) is 11.8 Å². The van der Waals surface area contributed by atoms with E-state index >= 15 is 0 Å². The first-order chi connectivity index (χ1) is 9.74. The van der Waals surface area contributed by atoms with Crippen molar-refractivity contribution in [1.29, 1.82) is 0 Å². The van der Waals surface area contributed by atoms with Crippen LogP contribution in [0.15, 0.2) is 24.3 Å². The number of amides is 1. The van der Waals surface area contributed by atoms with Gasteiger partial charge in [0.25, 0.3) is 0 Å². The average molecular weight is 290 g/mol. The highest BCUT2D eigenvalue weighted by atomic mass is 32.2. The van der Waals surface area contributed by atoms with E-state index in [0.717, 1.165) is 19.6 Å². The molecule has 0 bridgehead atoms. The molecule has 0 aliphatic carbocycles. The molecule has 108 valence electrons. The van der Waals surface area contributed by atoms with Crippen LogP contribution in [-0.4, -0.2) is 36.2 Å². The van der Waals surface area contributed by atoms with E-state index in [0.29, 0.717) is 17.6 Å². The molecule has 1 N–H and O–H groups in total. The van der Waals surface area contributed by atoms with E-state index in [2.05, 4.69) is 41.4 Å². The van der Waals surface area contributed by atoms with E-state index in [1.54, 1.807) is 11.8 Å². The van der Waals surface area contributed by atoms with Gasteiger partial charge in [0.2, 0.25) is 5.91 Å². The van der Waals surface area contributed by atoms with E-state index in [4.69, 9.17) is 0 Å². The Morgan fingerprint density at radius 1 is 1.25 bits per heavy atom. The molecule has 1 amide bonds. The van der Waals surface area contributed by atoms with Gasteiger partial charge in [0.05, 0.1) is 5.75 Å². The van der Waals surface area contributed by atoms with E-state index in [1.165, 1.54) is 24.0 Å². The van der Waals surface area contributed by atoms with Crippen molar-refractivity contribution in [3.05, 3.63) is 35.4 Å². The Morgan fingerprint density at radius 3 is 2.65 bits per heavy atom. The van der Waals surface area contributed by atoms with Crippen LogP contribution in [-0.2, 0) is 4.79 Å². The van der Waals surface area contributed by atoms with E-state index < -0.39 is 0 Å². The molecule has 4 heteroatoms. The van der Waals surface area contributed by atoms with Crippen LogP contribution in [0.4, 0.5) is 0 Å². The average Bonchev–Trinajstić information content (AvgIpc) is 2.83. The van der Waals surface area contributed by atoms with Crippen molar-refractivity contribution in [3.63, 3.8) is 0 Å². The molecule has 2 heterocycles. The first-order valence-electron chi connectivity index (χ1n) is 7.42. The van der Waals surface area contributed by atoms with Gasteiger partial charge in [-0.2, -0.15) is 0 Å². The maximum absolute atomic E-state index is 12.2. The molecular formula is C16H22N2OS. The van der Waals surface area contributed by atoms with Crippen molar-refractivity contribution in [2.24, 2.45) is 5.92 Å². The molecule has 1 atom stereocenters. The molecule has 0 radical (unpaired) electrons. The van der Waals surface area contributed by atoms with Crippen LogP contribution >= 0.6 is 11.8 Å². The number of nitrogens with one attached hydrogen (secondary N) is 1. The summed E-state index contributed by atoms with van der Waals surface area (Å²) in [6.45, 7) is 5.21. The van der Waals surface area contributed by atoms with Crippen molar-refractivity contribution in [2.75, 3.05) is 25.4 Å². The Hall–Kier alpha value is -1.00. The Morgan fingerprint density at radius 2 is 1.95 bits per heavy atom. The quantitative estimate of drug-likeness (QED) is 0.928. The molecule has 2 saturated heterocycles. The summed E-state index contributed by atoms with van der Waals surface area (Å²) in [5.74, 6) is 1.59. The summed E-state index contributed by atoms with van der Waals surface area (Å²) in [6, 6.07) is 8.62. The minimum Gasteiger partial charge on any atom is -0.326 e. The number of carbonyl (C=O) groups is 1. The number of carbonyl (C=O) groups excluding carboxylic acids is 1. The van der Waals surface area contributed by atoms with Crippen LogP contribution in [0.1, 0.15) is 29.3 Å². The summed E-state index contributed by atoms with van der Waals surface area (Å²) < 4.78 is 0. The third-order valence-electron chi connectivity index (χ3n) is 4.24. The fourth-order valence-electron chi connectivity index (χ4n) is 3.00. The van der Waals surface area contributed by atoms with Crippen LogP contribution < -0.4 is 5.32 Å². The molecule has 1 aromatic rings. The number of aryl methyl sites for hydroxylation is 1. The molecular weight excluding hydrogens is 268 g/mol. The van der Waals surface area contributed by atoms with Gasteiger partial charge in [-0.25, -0.2) is 0 Å². The zero-order chi connectivity index (χ0) is 13.9. The lowest BCUT2D eigenvalue weighted by Gasteiger charge is -2.31. The van der Waals surface area contributed by atoms with Crippen molar-refractivity contribution in [2.45, 2.75) is 25.1 Å². The molecule has 1 unspecified atom stereocenters. The first kappa shape index (κ1) is 14.0. The van der Waals surface area contributed by atoms with E-state index in [1.807, 2.05) is 0 Å². The topological polar surface area (TPSA) is 32.3 Å². The SMILES string of the molecule is Cc1ccc(C2SCC(=O)N2CC2CCNCC2)cc1. The lowest BCUT2D eigenvalue weighted by molar-refractivity contribution is -0.128. The van der Waals surface area contributed by atoms with E-state index in [-0.39, 0.29) is 5.37 Å². The number of hydrogen-bond donors (Lipinski definition) is 1. The lowest BCUT2D eigenvalue weighted by atomic mass is 9.97. The van der Waals surface area contributed by atoms with Gasteiger partial charge in [0.1, 0.15) is 5.37 Å². The second-order valence-corrected chi connectivity index (χ2v) is 6.88. The van der Waals surface area contributed by atoms with Gasteiger partial charge in [0.15, 0.2) is 0 Å². The first-order valence-corrected chi connectivity index (χ1v) is 8.47. The summed E-state index contributed by atoms with van der Waals surface area (Å²) in [4.78, 5) is 14.3. The Balaban J connectivity index is 1.72. The highest BCUT2D eigenvalue weighted by Gasteiger charge is 2.34. The van der Waals surface area contributed by atoms with Crippen molar-refractivity contribution in [3.8, 4) is 0 Å². The van der Waals surface area contributed by atoms with Crippen LogP contribution in [0.5, 0.6) is 0 Å². The van der Waals surface area contributed by atoms with Gasteiger partial charge in [-0.1, -0.05) is 29.8 Å². The third kappa shape index (κ3) is 3.01. The van der Waals surface area contributed by atoms with E-state index in [9.17, 15) is 4.79 Å². The van der Waals surface area contributed by atoms with Gasteiger partial charge in [0, 0.05) is 6.54 Å². The molecule has 3 nitrogen and oxygen atoms in total. The molecule has 1 aromatic carbocycles. The van der Waals surface area contributed by atoms with Gasteiger partial charge < -0.3 is 10.2 Å². The van der Waals surface area contributed by atoms with Crippen molar-refractivity contribution >= 4 is 17.7 Å². The predicted octanol–water partition coefficient (Wildman–Crippen LogP) is 2.57. The number of hydrogen-bond acceptors (Lipinski definition) is 3. The Kier molecular flexibility index (Phi) is 4.32. The number of rotatable bonds is 3. The number of piperidine rings is 1. The smallest absolute Gasteiger partial charge is 0.233 e. The van der Waals surface area contributed by atoms with Crippen molar-refractivity contribution < 1.29 is 4.79 Å². The fraction of sp³-hybridized carbons (Fsp3) is 0.562. The molecule has 2 aliphatic heterocycles. The minimum atomic E-state index is 0.220.